The van der Waals surface area contributed by atoms with E-state index in [-0.39, 0.29) is 5.91 Å². The van der Waals surface area contributed by atoms with Crippen LogP contribution >= 0.6 is 0 Å². The number of rotatable bonds is 3. The number of hydrogen-bond acceptors (Lipinski definition) is 4. The summed E-state index contributed by atoms with van der Waals surface area (Å²) in [6.45, 7) is 0. The molecule has 0 bridgehead atoms. The van der Waals surface area contributed by atoms with Crippen LogP contribution in [0.5, 0.6) is 17.2 Å². The van der Waals surface area contributed by atoms with Crippen LogP contribution in [0.3, 0.4) is 0 Å². The molecule has 0 saturated heterocycles. The molecule has 2 aromatic carbocycles. The van der Waals surface area contributed by atoms with Crippen LogP contribution in [-0.4, -0.2) is 13.0 Å². The number of hydrogen-bond donors (Lipinski definition) is 2. The quantitative estimate of drug-likeness (QED) is 0.850. The minimum Gasteiger partial charge on any atom is -0.493 e. The highest BCUT2D eigenvalue weighted by Gasteiger charge is 2.18. The van der Waals surface area contributed by atoms with Gasteiger partial charge in [-0.1, -0.05) is 12.1 Å². The zero-order chi connectivity index (χ0) is 14.8. The zero-order valence-electron chi connectivity index (χ0n) is 11.7. The number of ether oxygens (including phenoxy) is 2. The van der Waals surface area contributed by atoms with Crippen molar-refractivity contribution < 1.29 is 14.3 Å². The fourth-order valence-corrected chi connectivity index (χ4v) is 2.34. The fraction of sp³-hybridized carbons (Fsp3) is 0.188. The van der Waals surface area contributed by atoms with Gasteiger partial charge in [0.15, 0.2) is 17.2 Å². The Labute approximate surface area is 122 Å². The third-order valence-electron chi connectivity index (χ3n) is 3.42. The highest BCUT2D eigenvalue weighted by Crippen LogP contribution is 2.38. The summed E-state index contributed by atoms with van der Waals surface area (Å²) in [6.07, 6.45) is 1.18. The van der Waals surface area contributed by atoms with E-state index in [4.69, 9.17) is 15.2 Å². The lowest BCUT2D eigenvalue weighted by Crippen LogP contribution is -2.19. The molecule has 1 heterocycles. The lowest BCUT2D eigenvalue weighted by molar-refractivity contribution is -0.116. The van der Waals surface area contributed by atoms with E-state index in [1.165, 1.54) is 0 Å². The van der Waals surface area contributed by atoms with Crippen molar-refractivity contribution in [3.63, 3.8) is 0 Å². The van der Waals surface area contributed by atoms with Crippen molar-refractivity contribution in [3.8, 4) is 17.2 Å². The number of nitrogens with two attached hydrogens (primary N) is 1. The van der Waals surface area contributed by atoms with Gasteiger partial charge in [0, 0.05) is 18.2 Å². The van der Waals surface area contributed by atoms with Gasteiger partial charge in [-0.05, 0) is 30.2 Å². The molecule has 5 heteroatoms. The molecule has 5 nitrogen and oxygen atoms in total. The normalized spacial score (nSPS) is 13.3. The summed E-state index contributed by atoms with van der Waals surface area (Å²) in [5.74, 6) is 1.71. The van der Waals surface area contributed by atoms with Crippen LogP contribution in [0.15, 0.2) is 36.4 Å². The minimum atomic E-state index is 0.00973. The van der Waals surface area contributed by atoms with E-state index in [1.807, 2.05) is 24.3 Å². The molecular formula is C16H16N2O3. The number of carbonyl (C=O) groups excluding carboxylic acids is 1. The third-order valence-corrected chi connectivity index (χ3v) is 3.42. The molecule has 0 fully saturated rings. The number of amides is 1. The average molecular weight is 284 g/mol. The smallest absolute Gasteiger partial charge is 0.224 e. The molecule has 0 unspecified atom stereocenters. The standard InChI is InChI=1S/C16H16N2O3/c1-20-13-4-2-3-5-14(13)21-15-9-12-10(8-11(15)17)6-7-16(19)18-12/h2-5,8-9H,6-7,17H2,1H3,(H,18,19). The molecule has 3 N–H and O–H groups in total. The van der Waals surface area contributed by atoms with E-state index in [9.17, 15) is 4.79 Å². The number of benzene rings is 2. The third kappa shape index (κ3) is 2.63. The minimum absolute atomic E-state index is 0.00973. The van der Waals surface area contributed by atoms with Crippen LogP contribution in [0.1, 0.15) is 12.0 Å². The average Bonchev–Trinajstić information content (AvgIpc) is 2.49. The molecular weight excluding hydrogens is 268 g/mol. The summed E-state index contributed by atoms with van der Waals surface area (Å²) >= 11 is 0. The van der Waals surface area contributed by atoms with Gasteiger partial charge in [-0.2, -0.15) is 0 Å². The Balaban J connectivity index is 1.95. The summed E-state index contributed by atoms with van der Waals surface area (Å²) in [6, 6.07) is 10.9. The van der Waals surface area contributed by atoms with Crippen molar-refractivity contribution in [2.75, 3.05) is 18.2 Å². The van der Waals surface area contributed by atoms with Crippen molar-refractivity contribution in [2.24, 2.45) is 0 Å². The van der Waals surface area contributed by atoms with Crippen LogP contribution < -0.4 is 20.5 Å². The topological polar surface area (TPSA) is 73.6 Å². The first-order chi connectivity index (χ1) is 10.2. The van der Waals surface area contributed by atoms with E-state index in [0.29, 0.717) is 35.8 Å². The van der Waals surface area contributed by atoms with E-state index in [0.717, 1.165) is 11.3 Å². The predicted molar refractivity (Wildman–Crippen MR) is 80.9 cm³/mol. The Kier molecular flexibility index (Phi) is 3.39. The van der Waals surface area contributed by atoms with Crippen LogP contribution in [0.4, 0.5) is 11.4 Å². The number of carbonyl (C=O) groups is 1. The van der Waals surface area contributed by atoms with Gasteiger partial charge in [-0.3, -0.25) is 4.79 Å². The number of methoxy groups -OCH3 is 1. The van der Waals surface area contributed by atoms with E-state index < -0.39 is 0 Å². The largest absolute Gasteiger partial charge is 0.493 e. The molecule has 0 atom stereocenters. The monoisotopic (exact) mass is 284 g/mol. The van der Waals surface area contributed by atoms with Crippen molar-refractivity contribution >= 4 is 17.3 Å². The van der Waals surface area contributed by atoms with Crippen molar-refractivity contribution in [1.29, 1.82) is 0 Å². The van der Waals surface area contributed by atoms with Gasteiger partial charge in [0.1, 0.15) is 0 Å². The van der Waals surface area contributed by atoms with Crippen molar-refractivity contribution in [2.45, 2.75) is 12.8 Å². The molecule has 0 saturated carbocycles. The number of nitrogen functional groups attached to an aromatic ring is 1. The van der Waals surface area contributed by atoms with E-state index in [2.05, 4.69) is 5.32 Å². The SMILES string of the molecule is COc1ccccc1Oc1cc2c(cc1N)CCC(=O)N2. The predicted octanol–water partition coefficient (Wildman–Crippen LogP) is 2.95. The van der Waals surface area contributed by atoms with Crippen molar-refractivity contribution in [1.82, 2.24) is 0 Å². The molecule has 108 valence electrons. The Morgan fingerprint density at radius 3 is 2.62 bits per heavy atom. The first-order valence-electron chi connectivity index (χ1n) is 6.70. The van der Waals surface area contributed by atoms with Crippen LogP contribution in [0.25, 0.3) is 0 Å². The van der Waals surface area contributed by atoms with Gasteiger partial charge < -0.3 is 20.5 Å². The lowest BCUT2D eigenvalue weighted by atomic mass is 10.0. The number of fused-ring (bicyclic) bond motifs is 1. The van der Waals surface area contributed by atoms with Gasteiger partial charge in [0.2, 0.25) is 5.91 Å². The molecule has 0 aliphatic carbocycles. The maximum Gasteiger partial charge on any atom is 0.224 e. The second-order valence-corrected chi connectivity index (χ2v) is 4.85. The highest BCUT2D eigenvalue weighted by molar-refractivity contribution is 5.94. The Bertz CT molecular complexity index is 698. The molecule has 1 aliphatic rings. The lowest BCUT2D eigenvalue weighted by Gasteiger charge is -2.19. The maximum atomic E-state index is 11.5. The van der Waals surface area contributed by atoms with Gasteiger partial charge in [0.05, 0.1) is 12.8 Å². The molecule has 0 aromatic heterocycles. The number of para-hydroxylation sites is 2. The Hall–Kier alpha value is -2.69. The number of nitrogens with one attached hydrogen (secondary N) is 1. The highest BCUT2D eigenvalue weighted by atomic mass is 16.5. The summed E-state index contributed by atoms with van der Waals surface area (Å²) in [7, 11) is 1.58. The Morgan fingerprint density at radius 2 is 1.86 bits per heavy atom. The van der Waals surface area contributed by atoms with Gasteiger partial charge in [-0.25, -0.2) is 0 Å². The molecule has 3 rings (SSSR count). The second kappa shape index (κ2) is 5.36. The molecule has 1 amide bonds. The van der Waals surface area contributed by atoms with Crippen molar-refractivity contribution in [3.05, 3.63) is 42.0 Å². The van der Waals surface area contributed by atoms with Gasteiger partial charge in [-0.15, -0.1) is 0 Å². The summed E-state index contributed by atoms with van der Waals surface area (Å²) in [5, 5.41) is 2.84. The Morgan fingerprint density at radius 1 is 1.10 bits per heavy atom. The second-order valence-electron chi connectivity index (χ2n) is 4.85. The van der Waals surface area contributed by atoms with Gasteiger partial charge >= 0.3 is 0 Å². The van der Waals surface area contributed by atoms with Crippen LogP contribution in [0, 0.1) is 0 Å². The number of aryl methyl sites for hydroxylation is 1. The molecule has 2 aromatic rings. The zero-order valence-corrected chi connectivity index (χ0v) is 11.7. The van der Waals surface area contributed by atoms with Gasteiger partial charge in [0.25, 0.3) is 0 Å². The molecule has 21 heavy (non-hydrogen) atoms. The van der Waals surface area contributed by atoms with Crippen LogP contribution in [-0.2, 0) is 11.2 Å². The molecule has 1 aliphatic heterocycles. The maximum absolute atomic E-state index is 11.5. The van der Waals surface area contributed by atoms with E-state index >= 15 is 0 Å². The first kappa shape index (κ1) is 13.3. The fourth-order valence-electron chi connectivity index (χ4n) is 2.34. The van der Waals surface area contributed by atoms with E-state index in [1.54, 1.807) is 19.2 Å². The summed E-state index contributed by atoms with van der Waals surface area (Å²) < 4.78 is 11.1. The number of anilines is 2. The summed E-state index contributed by atoms with van der Waals surface area (Å²) in [5.41, 5.74) is 8.36. The molecule has 0 radical (unpaired) electrons. The van der Waals surface area contributed by atoms with Crippen LogP contribution in [0.2, 0.25) is 0 Å². The molecule has 0 spiro atoms. The summed E-state index contributed by atoms with van der Waals surface area (Å²) in [4.78, 5) is 11.5. The first-order valence-corrected chi connectivity index (χ1v) is 6.70.